The maximum atomic E-state index is 4.83. The topological polar surface area (TPSA) is 29.3 Å². The maximum Gasteiger partial charge on any atom is 0.139 e. The number of hydrogen-bond donors (Lipinski definition) is 1. The highest BCUT2D eigenvalue weighted by Gasteiger charge is 2.18. The second-order valence-electron chi connectivity index (χ2n) is 6.48. The van der Waals surface area contributed by atoms with Gasteiger partial charge >= 0.3 is 0 Å². The van der Waals surface area contributed by atoms with Crippen molar-refractivity contribution in [1.29, 1.82) is 0 Å². The first kappa shape index (κ1) is 13.7. The molecule has 0 bridgehead atoms. The SMILES string of the molecule is Cc1ccn2c(NC(C)(C)C)c(-c3ccccc3)nc2c1. The summed E-state index contributed by atoms with van der Waals surface area (Å²) in [5.74, 6) is 1.05. The Morgan fingerprint density at radius 1 is 1.05 bits per heavy atom. The molecule has 0 fully saturated rings. The van der Waals surface area contributed by atoms with Gasteiger partial charge in [0.1, 0.15) is 17.2 Å². The Bertz CT molecular complexity index is 764. The molecule has 0 radical (unpaired) electrons. The van der Waals surface area contributed by atoms with Crippen LogP contribution >= 0.6 is 0 Å². The van der Waals surface area contributed by atoms with Crippen molar-refractivity contribution in [3.8, 4) is 11.3 Å². The lowest BCUT2D eigenvalue weighted by molar-refractivity contribution is 0.629. The van der Waals surface area contributed by atoms with Gasteiger partial charge in [0, 0.05) is 17.3 Å². The van der Waals surface area contributed by atoms with Gasteiger partial charge in [-0.2, -0.15) is 0 Å². The summed E-state index contributed by atoms with van der Waals surface area (Å²) in [4.78, 5) is 4.83. The largest absolute Gasteiger partial charge is 0.365 e. The number of fused-ring (bicyclic) bond motifs is 1. The predicted octanol–water partition coefficient (Wildman–Crippen LogP) is 4.52. The lowest BCUT2D eigenvalue weighted by atomic mass is 10.1. The smallest absolute Gasteiger partial charge is 0.139 e. The molecule has 0 atom stereocenters. The van der Waals surface area contributed by atoms with E-state index in [9.17, 15) is 0 Å². The highest BCUT2D eigenvalue weighted by molar-refractivity contribution is 5.77. The van der Waals surface area contributed by atoms with E-state index >= 15 is 0 Å². The summed E-state index contributed by atoms with van der Waals surface area (Å²) in [5, 5.41) is 3.59. The molecule has 0 amide bonds. The van der Waals surface area contributed by atoms with Gasteiger partial charge in [-0.15, -0.1) is 0 Å². The molecule has 2 heterocycles. The molecule has 21 heavy (non-hydrogen) atoms. The fourth-order valence-corrected chi connectivity index (χ4v) is 2.42. The molecular formula is C18H21N3. The number of benzene rings is 1. The lowest BCUT2D eigenvalue weighted by Gasteiger charge is -2.22. The summed E-state index contributed by atoms with van der Waals surface area (Å²) < 4.78 is 2.13. The van der Waals surface area contributed by atoms with Crippen LogP contribution in [0.1, 0.15) is 26.3 Å². The van der Waals surface area contributed by atoms with E-state index in [1.54, 1.807) is 0 Å². The minimum atomic E-state index is -0.0234. The molecule has 3 aromatic rings. The number of aromatic nitrogens is 2. The molecule has 3 nitrogen and oxygen atoms in total. The molecule has 0 aliphatic carbocycles. The molecule has 3 rings (SSSR count). The second-order valence-corrected chi connectivity index (χ2v) is 6.48. The quantitative estimate of drug-likeness (QED) is 0.747. The monoisotopic (exact) mass is 279 g/mol. The zero-order valence-electron chi connectivity index (χ0n) is 13.0. The zero-order chi connectivity index (χ0) is 15.0. The molecule has 0 saturated heterocycles. The Kier molecular flexibility index (Phi) is 3.20. The van der Waals surface area contributed by atoms with E-state index in [2.05, 4.69) is 67.9 Å². The average Bonchev–Trinajstić information content (AvgIpc) is 2.76. The van der Waals surface area contributed by atoms with Gasteiger partial charge in [-0.3, -0.25) is 4.40 Å². The highest BCUT2D eigenvalue weighted by atomic mass is 15.2. The molecule has 0 aliphatic heterocycles. The third kappa shape index (κ3) is 2.77. The fourth-order valence-electron chi connectivity index (χ4n) is 2.42. The normalized spacial score (nSPS) is 11.8. The average molecular weight is 279 g/mol. The van der Waals surface area contributed by atoms with Crippen LogP contribution in [0.25, 0.3) is 16.9 Å². The van der Waals surface area contributed by atoms with Crippen molar-refractivity contribution in [3.63, 3.8) is 0 Å². The van der Waals surface area contributed by atoms with Crippen LogP contribution in [0.15, 0.2) is 48.7 Å². The van der Waals surface area contributed by atoms with Crippen molar-refractivity contribution < 1.29 is 0 Å². The highest BCUT2D eigenvalue weighted by Crippen LogP contribution is 2.30. The van der Waals surface area contributed by atoms with Gasteiger partial charge in [0.25, 0.3) is 0 Å². The van der Waals surface area contributed by atoms with E-state index in [1.807, 2.05) is 18.2 Å². The van der Waals surface area contributed by atoms with Crippen LogP contribution in [-0.2, 0) is 0 Å². The number of anilines is 1. The standard InChI is InChI=1S/C18H21N3/c1-13-10-11-21-15(12-13)19-16(14-8-6-5-7-9-14)17(21)20-18(2,3)4/h5-12,20H,1-4H3. The molecular weight excluding hydrogens is 258 g/mol. The van der Waals surface area contributed by atoms with Crippen molar-refractivity contribution in [2.45, 2.75) is 33.2 Å². The molecule has 108 valence electrons. The third-order valence-electron chi connectivity index (χ3n) is 3.32. The Morgan fingerprint density at radius 3 is 2.43 bits per heavy atom. The van der Waals surface area contributed by atoms with Crippen LogP contribution in [0.4, 0.5) is 5.82 Å². The van der Waals surface area contributed by atoms with E-state index < -0.39 is 0 Å². The van der Waals surface area contributed by atoms with E-state index in [1.165, 1.54) is 5.56 Å². The summed E-state index contributed by atoms with van der Waals surface area (Å²) in [7, 11) is 0. The van der Waals surface area contributed by atoms with Gasteiger partial charge < -0.3 is 5.32 Å². The molecule has 0 unspecified atom stereocenters. The molecule has 0 spiro atoms. The number of imidazole rings is 1. The summed E-state index contributed by atoms with van der Waals surface area (Å²) in [6.07, 6.45) is 2.08. The van der Waals surface area contributed by atoms with Gasteiger partial charge in [0.05, 0.1) is 0 Å². The Hall–Kier alpha value is -2.29. The Balaban J connectivity index is 2.25. The third-order valence-corrected chi connectivity index (χ3v) is 3.32. The van der Waals surface area contributed by atoms with Crippen LogP contribution in [0.2, 0.25) is 0 Å². The van der Waals surface area contributed by atoms with Gasteiger partial charge in [0.2, 0.25) is 0 Å². The van der Waals surface area contributed by atoms with E-state index in [4.69, 9.17) is 4.98 Å². The molecule has 2 aromatic heterocycles. The minimum Gasteiger partial charge on any atom is -0.365 e. The van der Waals surface area contributed by atoms with Gasteiger partial charge in [-0.05, 0) is 45.4 Å². The summed E-state index contributed by atoms with van der Waals surface area (Å²) in [6.45, 7) is 8.58. The van der Waals surface area contributed by atoms with Crippen LogP contribution in [0, 0.1) is 6.92 Å². The molecule has 3 heteroatoms. The van der Waals surface area contributed by atoms with E-state index in [0.717, 1.165) is 22.7 Å². The first-order chi connectivity index (χ1) is 9.94. The van der Waals surface area contributed by atoms with Crippen molar-refractivity contribution >= 4 is 11.5 Å². The zero-order valence-corrected chi connectivity index (χ0v) is 13.0. The first-order valence-corrected chi connectivity index (χ1v) is 7.26. The predicted molar refractivity (Wildman–Crippen MR) is 88.7 cm³/mol. The van der Waals surface area contributed by atoms with Gasteiger partial charge in [0.15, 0.2) is 0 Å². The van der Waals surface area contributed by atoms with Gasteiger partial charge in [-0.1, -0.05) is 30.3 Å². The van der Waals surface area contributed by atoms with Gasteiger partial charge in [-0.25, -0.2) is 4.98 Å². The lowest BCUT2D eigenvalue weighted by Crippen LogP contribution is -2.27. The summed E-state index contributed by atoms with van der Waals surface area (Å²) in [5.41, 5.74) is 4.29. The Morgan fingerprint density at radius 2 is 1.76 bits per heavy atom. The molecule has 0 aliphatic rings. The molecule has 1 N–H and O–H groups in total. The van der Waals surface area contributed by atoms with Crippen LogP contribution in [0.3, 0.4) is 0 Å². The molecule has 0 saturated carbocycles. The minimum absolute atomic E-state index is 0.0234. The van der Waals surface area contributed by atoms with Crippen molar-refractivity contribution in [3.05, 3.63) is 54.2 Å². The number of rotatable bonds is 2. The number of hydrogen-bond acceptors (Lipinski definition) is 2. The maximum absolute atomic E-state index is 4.83. The van der Waals surface area contributed by atoms with Crippen molar-refractivity contribution in [2.75, 3.05) is 5.32 Å². The second kappa shape index (κ2) is 4.92. The van der Waals surface area contributed by atoms with Crippen molar-refractivity contribution in [2.24, 2.45) is 0 Å². The summed E-state index contributed by atoms with van der Waals surface area (Å²) in [6, 6.07) is 14.5. The van der Waals surface area contributed by atoms with Crippen LogP contribution < -0.4 is 5.32 Å². The molecule has 1 aromatic carbocycles. The van der Waals surface area contributed by atoms with Crippen LogP contribution in [-0.4, -0.2) is 14.9 Å². The summed E-state index contributed by atoms with van der Waals surface area (Å²) >= 11 is 0. The Labute approximate surface area is 125 Å². The van der Waals surface area contributed by atoms with Crippen LogP contribution in [0.5, 0.6) is 0 Å². The van der Waals surface area contributed by atoms with E-state index in [-0.39, 0.29) is 5.54 Å². The number of pyridine rings is 1. The number of nitrogens with one attached hydrogen (secondary N) is 1. The first-order valence-electron chi connectivity index (χ1n) is 7.26. The fraction of sp³-hybridized carbons (Fsp3) is 0.278. The number of aryl methyl sites for hydroxylation is 1. The number of nitrogens with zero attached hydrogens (tertiary/aromatic N) is 2. The van der Waals surface area contributed by atoms with Crippen molar-refractivity contribution in [1.82, 2.24) is 9.38 Å². The van der Waals surface area contributed by atoms with E-state index in [0.29, 0.717) is 0 Å².